The fourth-order valence-corrected chi connectivity index (χ4v) is 4.44. The maximum atomic E-state index is 12.5. The first-order valence-corrected chi connectivity index (χ1v) is 15.0. The van der Waals surface area contributed by atoms with Crippen LogP contribution in [0.15, 0.2) is 72.8 Å². The highest BCUT2D eigenvalue weighted by Gasteiger charge is 2.11. The molecule has 0 aliphatic rings. The Bertz CT molecular complexity index is 1140. The van der Waals surface area contributed by atoms with Crippen LogP contribution in [0.4, 0.5) is 0 Å². The first-order chi connectivity index (χ1) is 19.5. The van der Waals surface area contributed by atoms with Crippen LogP contribution in [0, 0.1) is 0 Å². The number of carbonyl (C=O) groups is 2. The number of hydrogen-bond acceptors (Lipinski definition) is 5. The molecule has 0 saturated carbocycles. The first-order valence-electron chi connectivity index (χ1n) is 14.6. The molecule has 214 valence electrons. The van der Waals surface area contributed by atoms with Gasteiger partial charge >= 0.3 is 11.9 Å². The van der Waals surface area contributed by atoms with Gasteiger partial charge in [0.2, 0.25) is 0 Å². The zero-order valence-electron chi connectivity index (χ0n) is 23.5. The minimum Gasteiger partial charge on any atom is -0.494 e. The number of rotatable bonds is 18. The average molecular weight is 565 g/mol. The summed E-state index contributed by atoms with van der Waals surface area (Å²) >= 11 is 5.85. The topological polar surface area (TPSA) is 61.8 Å². The van der Waals surface area contributed by atoms with Gasteiger partial charge in [0.1, 0.15) is 17.2 Å². The molecule has 3 aromatic rings. The molecule has 6 heteroatoms. The Morgan fingerprint density at radius 2 is 0.900 bits per heavy atom. The van der Waals surface area contributed by atoms with E-state index in [9.17, 15) is 9.59 Å². The molecule has 3 rings (SSSR count). The van der Waals surface area contributed by atoms with Crippen LogP contribution in [0.1, 0.15) is 105 Å². The molecule has 0 aromatic heterocycles. The molecule has 0 radical (unpaired) electrons. The van der Waals surface area contributed by atoms with E-state index in [2.05, 4.69) is 6.92 Å². The number of carbonyl (C=O) groups excluding carboxylic acids is 2. The molecule has 0 aliphatic heterocycles. The molecule has 0 unspecified atom stereocenters. The van der Waals surface area contributed by atoms with Gasteiger partial charge < -0.3 is 14.2 Å². The Morgan fingerprint density at radius 3 is 1.35 bits per heavy atom. The van der Waals surface area contributed by atoms with Crippen LogP contribution in [-0.2, 0) is 0 Å². The Kier molecular flexibility index (Phi) is 14.1. The maximum Gasteiger partial charge on any atom is 0.343 e. The van der Waals surface area contributed by atoms with Crippen molar-refractivity contribution in [3.8, 4) is 17.2 Å². The van der Waals surface area contributed by atoms with Gasteiger partial charge in [-0.3, -0.25) is 0 Å². The monoisotopic (exact) mass is 564 g/mol. The normalized spacial score (nSPS) is 10.8. The number of unbranched alkanes of at least 4 members (excludes halogenated alkanes) is 11. The fourth-order valence-electron chi connectivity index (χ4n) is 4.31. The summed E-state index contributed by atoms with van der Waals surface area (Å²) in [5, 5.41) is 0.541. The number of halogens is 1. The van der Waals surface area contributed by atoms with Crippen molar-refractivity contribution in [3.05, 3.63) is 88.9 Å². The second kappa shape index (κ2) is 18.1. The SMILES string of the molecule is CCCCCCCCCCCCCCOc1ccc(C(=O)Oc2ccc(OC(=O)c3ccc(Cl)cc3)cc2)cc1. The lowest BCUT2D eigenvalue weighted by atomic mass is 10.1. The van der Waals surface area contributed by atoms with Crippen LogP contribution in [0.3, 0.4) is 0 Å². The van der Waals surface area contributed by atoms with E-state index in [1.165, 1.54) is 70.6 Å². The van der Waals surface area contributed by atoms with Gasteiger partial charge in [-0.15, -0.1) is 0 Å². The third-order valence-electron chi connectivity index (χ3n) is 6.68. The minimum absolute atomic E-state index is 0.342. The number of ether oxygens (including phenoxy) is 3. The molecule has 0 bridgehead atoms. The van der Waals surface area contributed by atoms with Crippen molar-refractivity contribution in [2.45, 2.75) is 84.0 Å². The third-order valence-corrected chi connectivity index (χ3v) is 6.93. The van der Waals surface area contributed by atoms with Crippen LogP contribution in [0.25, 0.3) is 0 Å². The molecular weight excluding hydrogens is 524 g/mol. The van der Waals surface area contributed by atoms with Gasteiger partial charge in [0.25, 0.3) is 0 Å². The van der Waals surface area contributed by atoms with E-state index in [1.54, 1.807) is 72.8 Å². The molecule has 0 atom stereocenters. The zero-order valence-corrected chi connectivity index (χ0v) is 24.3. The molecule has 0 N–H and O–H groups in total. The largest absolute Gasteiger partial charge is 0.494 e. The third kappa shape index (κ3) is 11.8. The first kappa shape index (κ1) is 31.2. The van der Waals surface area contributed by atoms with Crippen molar-refractivity contribution in [3.63, 3.8) is 0 Å². The Morgan fingerprint density at radius 1 is 0.525 bits per heavy atom. The van der Waals surface area contributed by atoms with Crippen LogP contribution < -0.4 is 14.2 Å². The van der Waals surface area contributed by atoms with E-state index in [-0.39, 0.29) is 0 Å². The van der Waals surface area contributed by atoms with Crippen LogP contribution in [-0.4, -0.2) is 18.5 Å². The highest BCUT2D eigenvalue weighted by molar-refractivity contribution is 6.30. The van der Waals surface area contributed by atoms with E-state index < -0.39 is 11.9 Å². The van der Waals surface area contributed by atoms with Gasteiger partial charge in [0, 0.05) is 5.02 Å². The zero-order chi connectivity index (χ0) is 28.4. The standard InChI is InChI=1S/C34H41ClO5/c1-2-3-4-5-6-7-8-9-10-11-12-13-26-38-30-20-16-28(17-21-30)34(37)40-32-24-22-31(23-25-32)39-33(36)27-14-18-29(35)19-15-27/h14-25H,2-13,26H2,1H3. The number of hydrogen-bond donors (Lipinski definition) is 0. The predicted molar refractivity (Wildman–Crippen MR) is 161 cm³/mol. The molecule has 0 heterocycles. The van der Waals surface area contributed by atoms with Gasteiger partial charge in [0.15, 0.2) is 0 Å². The summed E-state index contributed by atoms with van der Waals surface area (Å²) in [6.07, 6.45) is 15.7. The summed E-state index contributed by atoms with van der Waals surface area (Å²) in [5.74, 6) is 0.463. The van der Waals surface area contributed by atoms with Gasteiger partial charge in [-0.05, 0) is 79.2 Å². The summed E-state index contributed by atoms with van der Waals surface area (Å²) < 4.78 is 16.6. The van der Waals surface area contributed by atoms with E-state index in [1.807, 2.05) is 0 Å². The molecule has 0 fully saturated rings. The van der Waals surface area contributed by atoms with Crippen molar-refractivity contribution in [2.24, 2.45) is 0 Å². The minimum atomic E-state index is -0.498. The van der Waals surface area contributed by atoms with Crippen LogP contribution in [0.2, 0.25) is 5.02 Å². The molecule has 5 nitrogen and oxygen atoms in total. The van der Waals surface area contributed by atoms with Crippen molar-refractivity contribution < 1.29 is 23.8 Å². The second-order valence-corrected chi connectivity index (χ2v) is 10.5. The van der Waals surface area contributed by atoms with Crippen LogP contribution >= 0.6 is 11.6 Å². The quantitative estimate of drug-likeness (QED) is 0.0873. The molecule has 0 aliphatic carbocycles. The van der Waals surface area contributed by atoms with Crippen molar-refractivity contribution in [1.82, 2.24) is 0 Å². The lowest BCUT2D eigenvalue weighted by molar-refractivity contribution is 0.0719. The number of benzene rings is 3. The maximum absolute atomic E-state index is 12.5. The molecular formula is C34H41ClO5. The summed E-state index contributed by atoms with van der Waals surface area (Å²) in [4.78, 5) is 24.8. The van der Waals surface area contributed by atoms with Crippen molar-refractivity contribution >= 4 is 23.5 Å². The Labute approximate surface area is 243 Å². The van der Waals surface area contributed by atoms with Gasteiger partial charge in [0.05, 0.1) is 17.7 Å². The summed E-state index contributed by atoms with van der Waals surface area (Å²) in [5.41, 5.74) is 0.817. The van der Waals surface area contributed by atoms with Gasteiger partial charge in [-0.25, -0.2) is 9.59 Å². The molecule has 40 heavy (non-hydrogen) atoms. The fraction of sp³-hybridized carbons (Fsp3) is 0.412. The lowest BCUT2D eigenvalue weighted by Gasteiger charge is -2.08. The van der Waals surface area contributed by atoms with Crippen molar-refractivity contribution in [1.29, 1.82) is 0 Å². The van der Waals surface area contributed by atoms with E-state index in [0.29, 0.717) is 34.3 Å². The van der Waals surface area contributed by atoms with Crippen molar-refractivity contribution in [2.75, 3.05) is 6.61 Å². The molecule has 0 amide bonds. The highest BCUT2D eigenvalue weighted by Crippen LogP contribution is 2.21. The van der Waals surface area contributed by atoms with Gasteiger partial charge in [-0.2, -0.15) is 0 Å². The smallest absolute Gasteiger partial charge is 0.343 e. The van der Waals surface area contributed by atoms with E-state index in [0.717, 1.165) is 12.2 Å². The van der Waals surface area contributed by atoms with Crippen LogP contribution in [0.5, 0.6) is 17.2 Å². The van der Waals surface area contributed by atoms with Gasteiger partial charge in [-0.1, -0.05) is 89.2 Å². The van der Waals surface area contributed by atoms with E-state index >= 15 is 0 Å². The van der Waals surface area contributed by atoms with E-state index in [4.69, 9.17) is 25.8 Å². The number of esters is 2. The predicted octanol–water partition coefficient (Wildman–Crippen LogP) is 9.86. The summed E-state index contributed by atoms with van der Waals surface area (Å²) in [6.45, 7) is 2.94. The summed E-state index contributed by atoms with van der Waals surface area (Å²) in [6, 6.07) is 19.7. The lowest BCUT2D eigenvalue weighted by Crippen LogP contribution is -2.09. The Hall–Kier alpha value is -3.31. The second-order valence-electron chi connectivity index (χ2n) is 10.0. The summed E-state index contributed by atoms with van der Waals surface area (Å²) in [7, 11) is 0. The molecule has 3 aromatic carbocycles. The Balaban J connectivity index is 1.28. The average Bonchev–Trinajstić information content (AvgIpc) is 2.97. The molecule has 0 saturated heterocycles. The molecule has 0 spiro atoms. The highest BCUT2D eigenvalue weighted by atomic mass is 35.5.